The summed E-state index contributed by atoms with van der Waals surface area (Å²) in [4.78, 5) is 11.1. The van der Waals surface area contributed by atoms with Gasteiger partial charge in [0, 0.05) is 29.7 Å². The van der Waals surface area contributed by atoms with E-state index in [2.05, 4.69) is 74.2 Å². The average Bonchev–Trinajstić information content (AvgIpc) is 2.54. The third-order valence-electron chi connectivity index (χ3n) is 4.16. The molecule has 116 valence electrons. The molecule has 1 aliphatic rings. The summed E-state index contributed by atoms with van der Waals surface area (Å²) in [6.45, 7) is 6.22. The Kier molecular flexibility index (Phi) is 4.62. The molecule has 4 nitrogen and oxygen atoms in total. The molecule has 2 aromatic rings. The van der Waals surface area contributed by atoms with Crippen LogP contribution in [0.3, 0.4) is 0 Å². The Hall–Kier alpha value is -1.62. The molecule has 0 saturated carbocycles. The van der Waals surface area contributed by atoms with E-state index in [1.807, 2.05) is 0 Å². The van der Waals surface area contributed by atoms with Gasteiger partial charge in [-0.3, -0.25) is 0 Å². The smallest absolute Gasteiger partial charge is 0.134 e. The summed E-state index contributed by atoms with van der Waals surface area (Å²) in [7, 11) is 0. The van der Waals surface area contributed by atoms with Crippen LogP contribution >= 0.6 is 15.9 Å². The molecule has 1 aliphatic heterocycles. The van der Waals surface area contributed by atoms with E-state index in [1.54, 1.807) is 6.33 Å². The number of benzene rings is 1. The topological polar surface area (TPSA) is 41.0 Å². The van der Waals surface area contributed by atoms with E-state index >= 15 is 0 Å². The van der Waals surface area contributed by atoms with Crippen molar-refractivity contribution in [2.75, 3.05) is 16.8 Å². The van der Waals surface area contributed by atoms with Crippen LogP contribution in [0.15, 0.2) is 35.1 Å². The van der Waals surface area contributed by atoms with Gasteiger partial charge in [-0.15, -0.1) is 0 Å². The first kappa shape index (κ1) is 15.3. The van der Waals surface area contributed by atoms with Crippen LogP contribution in [-0.2, 0) is 13.0 Å². The summed E-state index contributed by atoms with van der Waals surface area (Å²) in [6, 6.07) is 9.00. The van der Waals surface area contributed by atoms with Gasteiger partial charge in [-0.05, 0) is 43.0 Å². The number of rotatable bonds is 4. The first-order valence-electron chi connectivity index (χ1n) is 7.76. The van der Waals surface area contributed by atoms with Gasteiger partial charge in [-0.25, -0.2) is 9.97 Å². The molecule has 1 atom stereocenters. The summed E-state index contributed by atoms with van der Waals surface area (Å²) < 4.78 is 1.15. The molecule has 3 rings (SSSR count). The molecular weight excluding hydrogens is 340 g/mol. The average molecular weight is 361 g/mol. The predicted octanol–water partition coefficient (Wildman–Crippen LogP) is 4.01. The van der Waals surface area contributed by atoms with Gasteiger partial charge in [-0.1, -0.05) is 28.9 Å². The van der Waals surface area contributed by atoms with Gasteiger partial charge in [0.15, 0.2) is 0 Å². The number of fused-ring (bicyclic) bond motifs is 1. The van der Waals surface area contributed by atoms with Crippen molar-refractivity contribution in [3.63, 3.8) is 0 Å². The van der Waals surface area contributed by atoms with Crippen molar-refractivity contribution in [1.82, 2.24) is 9.97 Å². The largest absolute Gasteiger partial charge is 0.367 e. The highest BCUT2D eigenvalue weighted by Crippen LogP contribution is 2.26. The monoisotopic (exact) mass is 360 g/mol. The van der Waals surface area contributed by atoms with Crippen LogP contribution in [-0.4, -0.2) is 22.6 Å². The highest BCUT2D eigenvalue weighted by atomic mass is 79.9. The highest BCUT2D eigenvalue weighted by molar-refractivity contribution is 9.10. The van der Waals surface area contributed by atoms with Crippen molar-refractivity contribution in [2.24, 2.45) is 0 Å². The Labute approximate surface area is 140 Å². The molecule has 0 saturated heterocycles. The number of nitrogens with zero attached hydrogens (tertiary/aromatic N) is 3. The van der Waals surface area contributed by atoms with Crippen LogP contribution in [0.1, 0.15) is 31.4 Å². The predicted molar refractivity (Wildman–Crippen MR) is 94.3 cm³/mol. The first-order valence-corrected chi connectivity index (χ1v) is 8.56. The Balaban J connectivity index is 1.78. The fraction of sp³-hybridized carbons (Fsp3) is 0.412. The lowest BCUT2D eigenvalue weighted by molar-refractivity contribution is 0.717. The summed E-state index contributed by atoms with van der Waals surface area (Å²) in [5.41, 5.74) is 2.81. The van der Waals surface area contributed by atoms with Crippen LogP contribution in [0.5, 0.6) is 0 Å². The molecule has 0 unspecified atom stereocenters. The van der Waals surface area contributed by atoms with Gasteiger partial charge < -0.3 is 10.2 Å². The quantitative estimate of drug-likeness (QED) is 0.893. The molecule has 0 fully saturated rings. The van der Waals surface area contributed by atoms with Gasteiger partial charge in [0.2, 0.25) is 0 Å². The van der Waals surface area contributed by atoms with E-state index in [9.17, 15) is 0 Å². The lowest BCUT2D eigenvalue weighted by Gasteiger charge is -2.30. The molecule has 1 N–H and O–H groups in total. The summed E-state index contributed by atoms with van der Waals surface area (Å²) in [6.07, 6.45) is 3.77. The van der Waals surface area contributed by atoms with E-state index in [4.69, 9.17) is 0 Å². The zero-order valence-corrected chi connectivity index (χ0v) is 14.6. The summed E-state index contributed by atoms with van der Waals surface area (Å²) >= 11 is 3.55. The fourth-order valence-electron chi connectivity index (χ4n) is 2.67. The molecule has 0 aliphatic carbocycles. The minimum atomic E-state index is 0.419. The van der Waals surface area contributed by atoms with E-state index in [-0.39, 0.29) is 0 Å². The number of aromatic nitrogens is 2. The van der Waals surface area contributed by atoms with Gasteiger partial charge in [0.25, 0.3) is 0 Å². The minimum Gasteiger partial charge on any atom is -0.367 e. The van der Waals surface area contributed by atoms with E-state index < -0.39 is 0 Å². The van der Waals surface area contributed by atoms with Crippen LogP contribution in [0.4, 0.5) is 11.6 Å². The number of hydrogen-bond donors (Lipinski definition) is 1. The third-order valence-corrected chi connectivity index (χ3v) is 4.66. The maximum atomic E-state index is 4.45. The van der Waals surface area contributed by atoms with Crippen molar-refractivity contribution in [1.29, 1.82) is 0 Å². The van der Waals surface area contributed by atoms with E-state index in [0.29, 0.717) is 6.04 Å². The number of nitrogens with one attached hydrogen (secondary N) is 1. The van der Waals surface area contributed by atoms with Crippen molar-refractivity contribution in [3.05, 3.63) is 46.2 Å². The zero-order chi connectivity index (χ0) is 15.5. The van der Waals surface area contributed by atoms with Crippen molar-refractivity contribution in [3.8, 4) is 0 Å². The molecule has 22 heavy (non-hydrogen) atoms. The summed E-state index contributed by atoms with van der Waals surface area (Å²) in [5, 5.41) is 3.41. The lowest BCUT2D eigenvalue weighted by Crippen LogP contribution is -2.31. The third kappa shape index (κ3) is 3.40. The molecule has 0 amide bonds. The molecule has 0 spiro atoms. The maximum absolute atomic E-state index is 4.45. The fourth-order valence-corrected chi connectivity index (χ4v) is 3.08. The Morgan fingerprint density at radius 2 is 2.14 bits per heavy atom. The molecule has 1 aromatic carbocycles. The van der Waals surface area contributed by atoms with Gasteiger partial charge >= 0.3 is 0 Å². The second-order valence-electron chi connectivity index (χ2n) is 5.80. The second kappa shape index (κ2) is 6.65. The van der Waals surface area contributed by atoms with Gasteiger partial charge in [0.05, 0.1) is 0 Å². The Morgan fingerprint density at radius 1 is 1.27 bits per heavy atom. The second-order valence-corrected chi connectivity index (χ2v) is 6.72. The van der Waals surface area contributed by atoms with Crippen LogP contribution < -0.4 is 10.2 Å². The van der Waals surface area contributed by atoms with Crippen LogP contribution in [0, 0.1) is 0 Å². The summed E-state index contributed by atoms with van der Waals surface area (Å²) in [5.74, 6) is 1.90. The molecule has 0 radical (unpaired) electrons. The Morgan fingerprint density at radius 3 is 2.95 bits per heavy atom. The number of anilines is 2. The molecule has 0 bridgehead atoms. The normalized spacial score (nSPS) is 15.3. The first-order chi connectivity index (χ1) is 10.7. The Bertz CT molecular complexity index is 659. The molecule has 5 heteroatoms. The van der Waals surface area contributed by atoms with Crippen LogP contribution in [0.2, 0.25) is 0 Å². The highest BCUT2D eigenvalue weighted by Gasteiger charge is 2.18. The molecule has 1 aromatic heterocycles. The van der Waals surface area contributed by atoms with E-state index in [0.717, 1.165) is 42.0 Å². The van der Waals surface area contributed by atoms with Crippen LogP contribution in [0.25, 0.3) is 0 Å². The zero-order valence-electron chi connectivity index (χ0n) is 13.0. The van der Waals surface area contributed by atoms with Gasteiger partial charge in [-0.2, -0.15) is 0 Å². The molecular formula is C17H21BrN4. The molecule has 2 heterocycles. The van der Waals surface area contributed by atoms with Crippen molar-refractivity contribution >= 4 is 27.6 Å². The minimum absolute atomic E-state index is 0.419. The van der Waals surface area contributed by atoms with Crippen molar-refractivity contribution < 1.29 is 0 Å². The number of halogens is 1. The lowest BCUT2D eigenvalue weighted by atomic mass is 10.00. The SMILES string of the molecule is CC[C@@H](C)Nc1cc(N2CCc3cc(Br)ccc3C2)ncn1. The van der Waals surface area contributed by atoms with Gasteiger partial charge in [0.1, 0.15) is 18.0 Å². The van der Waals surface area contributed by atoms with Crippen molar-refractivity contribution in [2.45, 2.75) is 39.3 Å². The standard InChI is InChI=1S/C17H21BrN4/c1-3-12(2)21-16-9-17(20-11-19-16)22-7-6-13-8-15(18)5-4-14(13)10-22/h4-5,8-9,11-12H,3,6-7,10H2,1-2H3,(H,19,20,21)/t12-/m1/s1. The maximum Gasteiger partial charge on any atom is 0.134 e. The van der Waals surface area contributed by atoms with E-state index in [1.165, 1.54) is 11.1 Å². The number of hydrogen-bond acceptors (Lipinski definition) is 4.